The van der Waals surface area contributed by atoms with Crippen molar-refractivity contribution in [2.24, 2.45) is 0 Å². The average molecular weight is 322 g/mol. The van der Waals surface area contributed by atoms with Crippen molar-refractivity contribution >= 4 is 44.6 Å². The van der Waals surface area contributed by atoms with Crippen molar-refractivity contribution in [1.82, 2.24) is 5.32 Å². The standard InChI is InChI=1S/C16H13Cl2NS/c1-19-15(11-7-12(17)9-13(18)8-11)14-4-2-3-10-5-6-20-16(10)14/h2-9,15,19H,1H3. The van der Waals surface area contributed by atoms with E-state index < -0.39 is 0 Å². The van der Waals surface area contributed by atoms with Crippen LogP contribution in [0, 0.1) is 0 Å². The minimum absolute atomic E-state index is 0.0774. The van der Waals surface area contributed by atoms with Crippen LogP contribution in [0.3, 0.4) is 0 Å². The number of hydrogen-bond acceptors (Lipinski definition) is 2. The van der Waals surface area contributed by atoms with E-state index in [-0.39, 0.29) is 6.04 Å². The van der Waals surface area contributed by atoms with Crippen molar-refractivity contribution in [2.75, 3.05) is 7.05 Å². The molecule has 0 spiro atoms. The molecule has 1 unspecified atom stereocenters. The Labute approximate surface area is 132 Å². The topological polar surface area (TPSA) is 12.0 Å². The number of fused-ring (bicyclic) bond motifs is 1. The first kappa shape index (κ1) is 13.9. The van der Waals surface area contributed by atoms with Crippen LogP contribution >= 0.6 is 34.5 Å². The third-order valence-electron chi connectivity index (χ3n) is 3.33. The van der Waals surface area contributed by atoms with Crippen LogP contribution in [0.15, 0.2) is 47.8 Å². The lowest BCUT2D eigenvalue weighted by molar-refractivity contribution is 0.698. The van der Waals surface area contributed by atoms with Crippen molar-refractivity contribution in [2.45, 2.75) is 6.04 Å². The van der Waals surface area contributed by atoms with E-state index in [4.69, 9.17) is 23.2 Å². The Kier molecular flexibility index (Phi) is 3.99. The zero-order chi connectivity index (χ0) is 14.1. The lowest BCUT2D eigenvalue weighted by atomic mass is 9.98. The van der Waals surface area contributed by atoms with Crippen molar-refractivity contribution in [1.29, 1.82) is 0 Å². The van der Waals surface area contributed by atoms with Crippen LogP contribution in [-0.4, -0.2) is 7.05 Å². The van der Waals surface area contributed by atoms with Gasteiger partial charge in [0.05, 0.1) is 6.04 Å². The van der Waals surface area contributed by atoms with Gasteiger partial charge in [0.15, 0.2) is 0 Å². The van der Waals surface area contributed by atoms with Crippen LogP contribution in [0.4, 0.5) is 0 Å². The summed E-state index contributed by atoms with van der Waals surface area (Å²) in [7, 11) is 1.95. The number of thiophene rings is 1. The van der Waals surface area contributed by atoms with E-state index >= 15 is 0 Å². The molecule has 2 aromatic carbocycles. The predicted molar refractivity (Wildman–Crippen MR) is 89.2 cm³/mol. The molecule has 1 nitrogen and oxygen atoms in total. The summed E-state index contributed by atoms with van der Waals surface area (Å²) in [4.78, 5) is 0. The Morgan fingerprint density at radius 3 is 2.50 bits per heavy atom. The molecule has 3 aromatic rings. The van der Waals surface area contributed by atoms with Crippen LogP contribution in [0.25, 0.3) is 10.1 Å². The van der Waals surface area contributed by atoms with E-state index in [1.807, 2.05) is 19.2 Å². The van der Waals surface area contributed by atoms with Crippen LogP contribution in [-0.2, 0) is 0 Å². The molecule has 0 saturated heterocycles. The van der Waals surface area contributed by atoms with E-state index in [2.05, 4.69) is 35.0 Å². The summed E-state index contributed by atoms with van der Waals surface area (Å²) < 4.78 is 1.29. The molecule has 0 bridgehead atoms. The minimum atomic E-state index is 0.0774. The number of nitrogens with one attached hydrogen (secondary N) is 1. The number of benzene rings is 2. The molecule has 0 aliphatic carbocycles. The van der Waals surface area contributed by atoms with Crippen molar-refractivity contribution < 1.29 is 0 Å². The van der Waals surface area contributed by atoms with Gasteiger partial charge in [-0.2, -0.15) is 0 Å². The predicted octanol–water partition coefficient (Wildman–Crippen LogP) is 5.52. The molecule has 1 aromatic heterocycles. The molecule has 20 heavy (non-hydrogen) atoms. The molecule has 0 amide bonds. The highest BCUT2D eigenvalue weighted by atomic mass is 35.5. The molecule has 1 heterocycles. The smallest absolute Gasteiger partial charge is 0.0589 e. The number of halogens is 2. The maximum Gasteiger partial charge on any atom is 0.0589 e. The summed E-state index contributed by atoms with van der Waals surface area (Å²) in [6, 6.07) is 14.3. The highest BCUT2D eigenvalue weighted by molar-refractivity contribution is 7.17. The molecular weight excluding hydrogens is 309 g/mol. The van der Waals surface area contributed by atoms with Gasteiger partial charge in [-0.1, -0.05) is 41.4 Å². The van der Waals surface area contributed by atoms with Gasteiger partial charge in [0.25, 0.3) is 0 Å². The van der Waals surface area contributed by atoms with Gasteiger partial charge in [0.1, 0.15) is 0 Å². The minimum Gasteiger partial charge on any atom is -0.309 e. The maximum absolute atomic E-state index is 6.13. The Bertz CT molecular complexity index is 731. The number of hydrogen-bond donors (Lipinski definition) is 1. The molecule has 0 fully saturated rings. The van der Waals surface area contributed by atoms with Gasteiger partial charge in [0.2, 0.25) is 0 Å². The summed E-state index contributed by atoms with van der Waals surface area (Å²) in [6.45, 7) is 0. The molecule has 4 heteroatoms. The van der Waals surface area contributed by atoms with Gasteiger partial charge < -0.3 is 5.32 Å². The van der Waals surface area contributed by atoms with Crippen LogP contribution in [0.5, 0.6) is 0 Å². The van der Waals surface area contributed by atoms with Gasteiger partial charge >= 0.3 is 0 Å². The first-order valence-corrected chi connectivity index (χ1v) is 7.92. The van der Waals surface area contributed by atoms with E-state index in [0.717, 1.165) is 5.56 Å². The molecule has 0 aliphatic heterocycles. The van der Waals surface area contributed by atoms with Crippen LogP contribution in [0.2, 0.25) is 10.0 Å². The fourth-order valence-electron chi connectivity index (χ4n) is 2.49. The first-order valence-electron chi connectivity index (χ1n) is 6.28. The molecule has 102 valence electrons. The largest absolute Gasteiger partial charge is 0.309 e. The molecule has 0 radical (unpaired) electrons. The zero-order valence-corrected chi connectivity index (χ0v) is 13.2. The third kappa shape index (κ3) is 2.57. The monoisotopic (exact) mass is 321 g/mol. The lowest BCUT2D eigenvalue weighted by Gasteiger charge is -2.18. The number of rotatable bonds is 3. The van der Waals surface area contributed by atoms with E-state index in [1.54, 1.807) is 17.4 Å². The van der Waals surface area contributed by atoms with Gasteiger partial charge in [-0.3, -0.25) is 0 Å². The second kappa shape index (κ2) is 5.74. The van der Waals surface area contributed by atoms with Crippen molar-refractivity contribution in [3.63, 3.8) is 0 Å². The Morgan fingerprint density at radius 2 is 1.80 bits per heavy atom. The molecule has 3 rings (SSSR count). The quantitative estimate of drug-likeness (QED) is 0.670. The average Bonchev–Trinajstić information content (AvgIpc) is 2.87. The normalized spacial score (nSPS) is 12.8. The van der Waals surface area contributed by atoms with E-state index in [9.17, 15) is 0 Å². The highest BCUT2D eigenvalue weighted by Gasteiger charge is 2.16. The SMILES string of the molecule is CNC(c1cc(Cl)cc(Cl)c1)c1cccc2ccsc12. The van der Waals surface area contributed by atoms with Crippen molar-refractivity contribution in [3.05, 3.63) is 69.0 Å². The van der Waals surface area contributed by atoms with Gasteiger partial charge in [-0.15, -0.1) is 11.3 Å². The molecule has 1 atom stereocenters. The molecular formula is C16H13Cl2NS. The van der Waals surface area contributed by atoms with E-state index in [0.29, 0.717) is 10.0 Å². The third-order valence-corrected chi connectivity index (χ3v) is 4.74. The summed E-state index contributed by atoms with van der Waals surface area (Å²) in [6.07, 6.45) is 0. The van der Waals surface area contributed by atoms with Crippen LogP contribution < -0.4 is 5.32 Å². The Balaban J connectivity index is 2.16. The lowest BCUT2D eigenvalue weighted by Crippen LogP contribution is -2.17. The Morgan fingerprint density at radius 1 is 1.05 bits per heavy atom. The van der Waals surface area contributed by atoms with Gasteiger partial charge in [0, 0.05) is 14.7 Å². The van der Waals surface area contributed by atoms with E-state index in [1.165, 1.54) is 15.6 Å². The fourth-order valence-corrected chi connectivity index (χ4v) is 3.97. The fraction of sp³-hybridized carbons (Fsp3) is 0.125. The molecule has 0 saturated carbocycles. The summed E-state index contributed by atoms with van der Waals surface area (Å²) in [5.74, 6) is 0. The second-order valence-electron chi connectivity index (χ2n) is 4.61. The van der Waals surface area contributed by atoms with Crippen molar-refractivity contribution in [3.8, 4) is 0 Å². The van der Waals surface area contributed by atoms with Gasteiger partial charge in [-0.25, -0.2) is 0 Å². The van der Waals surface area contributed by atoms with Gasteiger partial charge in [-0.05, 0) is 53.2 Å². The summed E-state index contributed by atoms with van der Waals surface area (Å²) in [5, 5.41) is 8.06. The first-order chi connectivity index (χ1) is 9.69. The summed E-state index contributed by atoms with van der Waals surface area (Å²) in [5.41, 5.74) is 2.32. The Hall–Kier alpha value is -1.06. The molecule has 0 aliphatic rings. The van der Waals surface area contributed by atoms with Crippen LogP contribution in [0.1, 0.15) is 17.2 Å². The highest BCUT2D eigenvalue weighted by Crippen LogP contribution is 2.34. The zero-order valence-electron chi connectivity index (χ0n) is 10.9. The summed E-state index contributed by atoms with van der Waals surface area (Å²) >= 11 is 14.0. The maximum atomic E-state index is 6.13. The molecule has 1 N–H and O–H groups in total. The second-order valence-corrected chi connectivity index (χ2v) is 6.40.